The lowest BCUT2D eigenvalue weighted by atomic mass is 10.3. The van der Waals surface area contributed by atoms with Gasteiger partial charge in [0.2, 0.25) is 10.0 Å². The Balaban J connectivity index is 2.34. The van der Waals surface area contributed by atoms with Gasteiger partial charge in [0.25, 0.3) is 0 Å². The van der Waals surface area contributed by atoms with Crippen LogP contribution in [0, 0.1) is 0 Å². The molecule has 0 saturated carbocycles. The molecule has 0 saturated heterocycles. The smallest absolute Gasteiger partial charge is 0.320 e. The number of carbonyl (C=O) groups is 1. The van der Waals surface area contributed by atoms with Crippen molar-refractivity contribution in [1.82, 2.24) is 9.71 Å². The SMILES string of the molecule is O=C(O)CS(=O)(=O)NCCc1cscn1. The van der Waals surface area contributed by atoms with Crippen molar-refractivity contribution < 1.29 is 18.3 Å². The van der Waals surface area contributed by atoms with Crippen molar-refractivity contribution in [2.45, 2.75) is 6.42 Å². The summed E-state index contributed by atoms with van der Waals surface area (Å²) in [6, 6.07) is 0. The highest BCUT2D eigenvalue weighted by atomic mass is 32.2. The first-order valence-corrected chi connectivity index (χ1v) is 6.65. The van der Waals surface area contributed by atoms with E-state index in [4.69, 9.17) is 5.11 Å². The van der Waals surface area contributed by atoms with Crippen LogP contribution >= 0.6 is 11.3 Å². The number of rotatable bonds is 6. The summed E-state index contributed by atoms with van der Waals surface area (Å²) in [5.74, 6) is -2.26. The lowest BCUT2D eigenvalue weighted by Crippen LogP contribution is -2.31. The van der Waals surface area contributed by atoms with Crippen molar-refractivity contribution in [3.05, 3.63) is 16.6 Å². The van der Waals surface area contributed by atoms with Crippen molar-refractivity contribution in [1.29, 1.82) is 0 Å². The standard InChI is InChI=1S/C7H10N2O4S2/c10-7(11)4-15(12,13)9-2-1-6-3-14-5-8-6/h3,5,9H,1-2,4H2,(H,10,11). The van der Waals surface area contributed by atoms with E-state index in [2.05, 4.69) is 9.71 Å². The Hall–Kier alpha value is -0.990. The topological polar surface area (TPSA) is 96.4 Å². The normalized spacial score (nSPS) is 11.5. The Bertz CT molecular complexity index is 412. The van der Waals surface area contributed by atoms with E-state index < -0.39 is 21.7 Å². The molecule has 1 aromatic heterocycles. The summed E-state index contributed by atoms with van der Waals surface area (Å²) in [5.41, 5.74) is 2.44. The third-order valence-corrected chi connectivity index (χ3v) is 3.41. The lowest BCUT2D eigenvalue weighted by molar-refractivity contribution is -0.134. The fraction of sp³-hybridized carbons (Fsp3) is 0.429. The number of hydrogen-bond acceptors (Lipinski definition) is 5. The van der Waals surface area contributed by atoms with Crippen LogP contribution in [0.4, 0.5) is 0 Å². The Morgan fingerprint density at radius 1 is 1.60 bits per heavy atom. The molecule has 0 aliphatic rings. The van der Waals surface area contributed by atoms with Gasteiger partial charge in [-0.2, -0.15) is 0 Å². The fourth-order valence-corrected chi connectivity index (χ4v) is 2.34. The van der Waals surface area contributed by atoms with Crippen molar-refractivity contribution in [2.24, 2.45) is 0 Å². The molecule has 0 aliphatic heterocycles. The Labute approximate surface area is 91.0 Å². The summed E-state index contributed by atoms with van der Waals surface area (Å²) in [7, 11) is -3.71. The van der Waals surface area contributed by atoms with Crippen LogP contribution in [0.2, 0.25) is 0 Å². The summed E-state index contributed by atoms with van der Waals surface area (Å²) in [6.45, 7) is 0.166. The second-order valence-corrected chi connectivity index (χ2v) is 5.30. The van der Waals surface area contributed by atoms with Crippen LogP contribution in [0.15, 0.2) is 10.9 Å². The number of nitrogens with one attached hydrogen (secondary N) is 1. The molecule has 6 nitrogen and oxygen atoms in total. The second kappa shape index (κ2) is 5.19. The Morgan fingerprint density at radius 3 is 2.87 bits per heavy atom. The molecule has 0 atom stereocenters. The molecule has 1 aromatic rings. The van der Waals surface area contributed by atoms with Gasteiger partial charge in [0.1, 0.15) is 0 Å². The van der Waals surface area contributed by atoms with E-state index in [1.807, 2.05) is 5.38 Å². The van der Waals surface area contributed by atoms with Crippen LogP contribution in [0.1, 0.15) is 5.69 Å². The van der Waals surface area contributed by atoms with E-state index in [1.165, 1.54) is 11.3 Å². The summed E-state index contributed by atoms with van der Waals surface area (Å²) >= 11 is 1.43. The van der Waals surface area contributed by atoms with Gasteiger partial charge in [0, 0.05) is 18.3 Å². The number of carboxylic acids is 1. The molecule has 84 valence electrons. The van der Waals surface area contributed by atoms with E-state index in [0.717, 1.165) is 5.69 Å². The third-order valence-electron chi connectivity index (χ3n) is 1.50. The van der Waals surface area contributed by atoms with Gasteiger partial charge < -0.3 is 5.11 Å². The minimum Gasteiger partial charge on any atom is -0.480 e. The molecule has 15 heavy (non-hydrogen) atoms. The van der Waals surface area contributed by atoms with E-state index in [-0.39, 0.29) is 6.54 Å². The zero-order valence-corrected chi connectivity index (χ0v) is 9.34. The number of carboxylic acid groups (broad SMARTS) is 1. The van der Waals surface area contributed by atoms with E-state index in [9.17, 15) is 13.2 Å². The fourth-order valence-electron chi connectivity index (χ4n) is 0.909. The highest BCUT2D eigenvalue weighted by molar-refractivity contribution is 7.90. The molecule has 0 radical (unpaired) electrons. The zero-order chi connectivity index (χ0) is 11.3. The first kappa shape index (κ1) is 12.1. The predicted octanol–water partition coefficient (Wildman–Crippen LogP) is -0.310. The molecule has 0 bridgehead atoms. The summed E-state index contributed by atoms with van der Waals surface area (Å²) in [5, 5.41) is 10.1. The minimum atomic E-state index is -3.71. The maximum Gasteiger partial charge on any atom is 0.320 e. The average Bonchev–Trinajstić information content (AvgIpc) is 2.53. The first-order chi connectivity index (χ1) is 6.99. The van der Waals surface area contributed by atoms with Crippen molar-refractivity contribution in [2.75, 3.05) is 12.3 Å². The number of sulfonamides is 1. The van der Waals surface area contributed by atoms with Gasteiger partial charge in [0.05, 0.1) is 11.2 Å². The number of thiazole rings is 1. The van der Waals surface area contributed by atoms with Crippen LogP contribution in [0.25, 0.3) is 0 Å². The molecule has 0 aliphatic carbocycles. The van der Waals surface area contributed by atoms with Crippen LogP contribution < -0.4 is 4.72 Å². The van der Waals surface area contributed by atoms with Gasteiger partial charge in [-0.25, -0.2) is 18.1 Å². The second-order valence-electron chi connectivity index (χ2n) is 2.78. The molecule has 0 amide bonds. The van der Waals surface area contributed by atoms with Gasteiger partial charge in [-0.1, -0.05) is 0 Å². The van der Waals surface area contributed by atoms with Gasteiger partial charge in [-0.05, 0) is 0 Å². The summed E-state index contributed by atoms with van der Waals surface area (Å²) in [6.07, 6.45) is 0.461. The van der Waals surface area contributed by atoms with E-state index in [0.29, 0.717) is 6.42 Å². The third kappa shape index (κ3) is 4.86. The van der Waals surface area contributed by atoms with E-state index >= 15 is 0 Å². The lowest BCUT2D eigenvalue weighted by Gasteiger charge is -2.02. The molecule has 1 rings (SSSR count). The van der Waals surface area contributed by atoms with Crippen molar-refractivity contribution in [3.8, 4) is 0 Å². The number of nitrogens with zero attached hydrogens (tertiary/aromatic N) is 1. The van der Waals surface area contributed by atoms with Gasteiger partial charge in [-0.15, -0.1) is 11.3 Å². The van der Waals surface area contributed by atoms with Crippen LogP contribution in [-0.4, -0.2) is 36.8 Å². The summed E-state index contributed by atoms with van der Waals surface area (Å²) in [4.78, 5) is 14.1. The average molecular weight is 250 g/mol. The van der Waals surface area contributed by atoms with Crippen LogP contribution in [0.5, 0.6) is 0 Å². The maximum absolute atomic E-state index is 11.1. The molecule has 0 unspecified atom stereocenters. The molecular weight excluding hydrogens is 240 g/mol. The quantitative estimate of drug-likeness (QED) is 0.722. The Morgan fingerprint density at radius 2 is 2.33 bits per heavy atom. The van der Waals surface area contributed by atoms with Gasteiger partial charge in [0.15, 0.2) is 5.75 Å². The highest BCUT2D eigenvalue weighted by Gasteiger charge is 2.14. The zero-order valence-electron chi connectivity index (χ0n) is 7.71. The molecule has 2 N–H and O–H groups in total. The monoisotopic (exact) mass is 250 g/mol. The van der Waals surface area contributed by atoms with Gasteiger partial charge >= 0.3 is 5.97 Å². The van der Waals surface area contributed by atoms with Crippen molar-refractivity contribution in [3.63, 3.8) is 0 Å². The molecule has 1 heterocycles. The Kier molecular flexibility index (Phi) is 4.18. The van der Waals surface area contributed by atoms with Crippen molar-refractivity contribution >= 4 is 27.3 Å². The summed E-state index contributed by atoms with van der Waals surface area (Å²) < 4.78 is 24.3. The molecule has 8 heteroatoms. The largest absolute Gasteiger partial charge is 0.480 e. The van der Waals surface area contributed by atoms with Crippen LogP contribution in [-0.2, 0) is 21.2 Å². The molecule has 0 fully saturated rings. The highest BCUT2D eigenvalue weighted by Crippen LogP contribution is 2.00. The molecule has 0 spiro atoms. The molecule has 0 aromatic carbocycles. The number of hydrogen-bond donors (Lipinski definition) is 2. The minimum absolute atomic E-state index is 0.166. The van der Waals surface area contributed by atoms with E-state index in [1.54, 1.807) is 5.51 Å². The first-order valence-electron chi connectivity index (χ1n) is 4.06. The van der Waals surface area contributed by atoms with Crippen LogP contribution in [0.3, 0.4) is 0 Å². The maximum atomic E-state index is 11.1. The number of aromatic nitrogens is 1. The number of aliphatic carboxylic acids is 1. The molecular formula is C7H10N2O4S2. The predicted molar refractivity (Wildman–Crippen MR) is 55.2 cm³/mol. The van der Waals surface area contributed by atoms with Gasteiger partial charge in [-0.3, -0.25) is 4.79 Å².